The fourth-order valence-electron chi connectivity index (χ4n) is 4.47. The molecule has 1 saturated heterocycles. The lowest BCUT2D eigenvalue weighted by Crippen LogP contribution is -2.44. The van der Waals surface area contributed by atoms with Gasteiger partial charge in [0, 0.05) is 42.6 Å². The van der Waals surface area contributed by atoms with E-state index in [-0.39, 0.29) is 11.9 Å². The third-order valence-electron chi connectivity index (χ3n) is 6.46. The van der Waals surface area contributed by atoms with Crippen molar-refractivity contribution in [1.82, 2.24) is 20.4 Å². The summed E-state index contributed by atoms with van der Waals surface area (Å²) in [6.45, 7) is 2.97. The predicted molar refractivity (Wildman–Crippen MR) is 146 cm³/mol. The topological polar surface area (TPSA) is 58.1 Å². The Morgan fingerprint density at radius 3 is 2.28 bits per heavy atom. The maximum absolute atomic E-state index is 12.9. The molecular formula is C30H30N4OS. The lowest BCUT2D eigenvalue weighted by atomic mass is 10.0. The number of thioether (sulfide) groups is 1. The summed E-state index contributed by atoms with van der Waals surface area (Å²) in [5, 5.41) is 12.8. The van der Waals surface area contributed by atoms with Gasteiger partial charge < -0.3 is 5.32 Å². The zero-order valence-corrected chi connectivity index (χ0v) is 21.0. The molecule has 0 atom stereocenters. The highest BCUT2D eigenvalue weighted by molar-refractivity contribution is 7.98. The predicted octanol–water partition coefficient (Wildman–Crippen LogP) is 5.83. The van der Waals surface area contributed by atoms with Crippen LogP contribution in [-0.2, 0) is 12.3 Å². The molecule has 1 aliphatic heterocycles. The second-order valence-corrected chi connectivity index (χ2v) is 10.1. The van der Waals surface area contributed by atoms with E-state index in [0.29, 0.717) is 5.56 Å². The molecule has 1 aliphatic rings. The summed E-state index contributed by atoms with van der Waals surface area (Å²) in [4.78, 5) is 15.4. The Hall–Kier alpha value is -3.48. The molecule has 6 heteroatoms. The number of piperidine rings is 1. The van der Waals surface area contributed by atoms with Gasteiger partial charge in [0.2, 0.25) is 0 Å². The van der Waals surface area contributed by atoms with Gasteiger partial charge in [0.05, 0.1) is 5.69 Å². The molecule has 4 aromatic rings. The Morgan fingerprint density at radius 1 is 0.833 bits per heavy atom. The van der Waals surface area contributed by atoms with Gasteiger partial charge in [0.25, 0.3) is 5.91 Å². The molecule has 3 aromatic carbocycles. The number of rotatable bonds is 8. The molecule has 0 aliphatic carbocycles. The van der Waals surface area contributed by atoms with E-state index in [2.05, 4.69) is 56.8 Å². The molecule has 36 heavy (non-hydrogen) atoms. The maximum Gasteiger partial charge on any atom is 0.251 e. The van der Waals surface area contributed by atoms with E-state index in [1.54, 1.807) is 11.8 Å². The minimum Gasteiger partial charge on any atom is -0.349 e. The molecule has 1 aromatic heterocycles. The summed E-state index contributed by atoms with van der Waals surface area (Å²) in [5.41, 5.74) is 5.07. The summed E-state index contributed by atoms with van der Waals surface area (Å²) in [5.74, 6) is 0.744. The quantitative estimate of drug-likeness (QED) is 0.312. The average molecular weight is 495 g/mol. The maximum atomic E-state index is 12.9. The smallest absolute Gasteiger partial charge is 0.251 e. The first kappa shape index (κ1) is 24.2. The largest absolute Gasteiger partial charge is 0.349 e. The van der Waals surface area contributed by atoms with Gasteiger partial charge in [0.15, 0.2) is 0 Å². The Bertz CT molecular complexity index is 1260. The fourth-order valence-corrected chi connectivity index (χ4v) is 5.22. The van der Waals surface area contributed by atoms with Gasteiger partial charge in [-0.3, -0.25) is 9.69 Å². The number of amides is 1. The standard InChI is InChI=1S/C30H30N4OS/c35-30(31-27-16-18-34(19-17-27)21-23-8-3-1-4-9-23)26-13-7-10-24(20-26)22-36-29-15-14-28(32-33-29)25-11-5-2-6-12-25/h1-15,20,27H,16-19,21-22H2,(H,31,35). The first-order valence-corrected chi connectivity index (χ1v) is 13.4. The zero-order valence-electron chi connectivity index (χ0n) is 20.2. The van der Waals surface area contributed by atoms with Gasteiger partial charge in [-0.2, -0.15) is 0 Å². The van der Waals surface area contributed by atoms with Gasteiger partial charge in [-0.25, -0.2) is 0 Å². The molecule has 182 valence electrons. The van der Waals surface area contributed by atoms with Crippen LogP contribution in [0.15, 0.2) is 102 Å². The first-order valence-electron chi connectivity index (χ1n) is 12.4. The van der Waals surface area contributed by atoms with E-state index in [1.807, 2.05) is 60.7 Å². The molecule has 2 heterocycles. The van der Waals surface area contributed by atoms with E-state index in [0.717, 1.165) is 60.1 Å². The van der Waals surface area contributed by atoms with Crippen LogP contribution in [0, 0.1) is 0 Å². The van der Waals surface area contributed by atoms with Crippen LogP contribution in [0.3, 0.4) is 0 Å². The normalized spacial score (nSPS) is 14.4. The molecule has 0 bridgehead atoms. The van der Waals surface area contributed by atoms with Crippen molar-refractivity contribution >= 4 is 17.7 Å². The van der Waals surface area contributed by atoms with Crippen LogP contribution in [0.4, 0.5) is 0 Å². The van der Waals surface area contributed by atoms with Crippen molar-refractivity contribution in [3.05, 3.63) is 114 Å². The van der Waals surface area contributed by atoms with Crippen molar-refractivity contribution in [3.8, 4) is 11.3 Å². The monoisotopic (exact) mass is 494 g/mol. The number of nitrogens with zero attached hydrogens (tertiary/aromatic N) is 3. The van der Waals surface area contributed by atoms with E-state index < -0.39 is 0 Å². The Kier molecular flexibility index (Phi) is 8.06. The second-order valence-electron chi connectivity index (χ2n) is 9.12. The van der Waals surface area contributed by atoms with Crippen LogP contribution in [0.2, 0.25) is 0 Å². The summed E-state index contributed by atoms with van der Waals surface area (Å²) in [6.07, 6.45) is 1.96. The van der Waals surface area contributed by atoms with E-state index >= 15 is 0 Å². The molecular weight excluding hydrogens is 464 g/mol. The summed E-state index contributed by atoms with van der Waals surface area (Å²) in [6, 6.07) is 32.7. The van der Waals surface area contributed by atoms with Gasteiger partial charge in [-0.15, -0.1) is 10.2 Å². The summed E-state index contributed by atoms with van der Waals surface area (Å²) < 4.78 is 0. The van der Waals surface area contributed by atoms with Gasteiger partial charge in [-0.05, 0) is 48.2 Å². The number of hydrogen-bond acceptors (Lipinski definition) is 5. The number of hydrogen-bond donors (Lipinski definition) is 1. The zero-order chi connectivity index (χ0) is 24.6. The highest BCUT2D eigenvalue weighted by Crippen LogP contribution is 2.23. The van der Waals surface area contributed by atoms with E-state index in [4.69, 9.17) is 0 Å². The fraction of sp³-hybridized carbons (Fsp3) is 0.233. The van der Waals surface area contributed by atoms with Crippen LogP contribution >= 0.6 is 11.8 Å². The van der Waals surface area contributed by atoms with Crippen LogP contribution in [0.1, 0.15) is 34.3 Å². The third kappa shape index (κ3) is 6.59. The number of nitrogens with one attached hydrogen (secondary N) is 1. The molecule has 1 amide bonds. The molecule has 5 rings (SSSR count). The summed E-state index contributed by atoms with van der Waals surface area (Å²) >= 11 is 1.62. The first-order chi connectivity index (χ1) is 17.7. The number of aromatic nitrogens is 2. The highest BCUT2D eigenvalue weighted by Gasteiger charge is 2.21. The van der Waals surface area contributed by atoms with Crippen molar-refractivity contribution < 1.29 is 4.79 Å². The summed E-state index contributed by atoms with van der Waals surface area (Å²) in [7, 11) is 0. The van der Waals surface area contributed by atoms with Crippen molar-refractivity contribution in [2.75, 3.05) is 13.1 Å². The number of benzene rings is 3. The van der Waals surface area contributed by atoms with Crippen molar-refractivity contribution in [3.63, 3.8) is 0 Å². The highest BCUT2D eigenvalue weighted by atomic mass is 32.2. The molecule has 1 fully saturated rings. The van der Waals surface area contributed by atoms with Crippen LogP contribution in [-0.4, -0.2) is 40.1 Å². The van der Waals surface area contributed by atoms with E-state index in [1.165, 1.54) is 5.56 Å². The Balaban J connectivity index is 1.10. The minimum atomic E-state index is 0.00960. The van der Waals surface area contributed by atoms with Gasteiger partial charge in [0.1, 0.15) is 5.03 Å². The van der Waals surface area contributed by atoms with Crippen molar-refractivity contribution in [1.29, 1.82) is 0 Å². The average Bonchev–Trinajstić information content (AvgIpc) is 2.94. The molecule has 0 unspecified atom stereocenters. The van der Waals surface area contributed by atoms with E-state index in [9.17, 15) is 4.79 Å². The van der Waals surface area contributed by atoms with Crippen molar-refractivity contribution in [2.24, 2.45) is 0 Å². The number of carbonyl (C=O) groups is 1. The number of likely N-dealkylation sites (tertiary alicyclic amines) is 1. The molecule has 5 nitrogen and oxygen atoms in total. The van der Waals surface area contributed by atoms with Crippen LogP contribution in [0.5, 0.6) is 0 Å². The molecule has 0 saturated carbocycles. The minimum absolute atomic E-state index is 0.00960. The van der Waals surface area contributed by atoms with Gasteiger partial charge >= 0.3 is 0 Å². The Labute approximate surface area is 217 Å². The Morgan fingerprint density at radius 2 is 1.56 bits per heavy atom. The molecule has 0 spiro atoms. The van der Waals surface area contributed by atoms with Crippen LogP contribution < -0.4 is 5.32 Å². The van der Waals surface area contributed by atoms with Crippen LogP contribution in [0.25, 0.3) is 11.3 Å². The second kappa shape index (κ2) is 12.0. The SMILES string of the molecule is O=C(NC1CCN(Cc2ccccc2)CC1)c1cccc(CSc2ccc(-c3ccccc3)nn2)c1. The van der Waals surface area contributed by atoms with Gasteiger partial charge in [-0.1, -0.05) is 84.6 Å². The van der Waals surface area contributed by atoms with Crippen molar-refractivity contribution in [2.45, 2.75) is 36.2 Å². The number of carbonyl (C=O) groups excluding carboxylic acids is 1. The lowest BCUT2D eigenvalue weighted by Gasteiger charge is -2.32. The third-order valence-corrected chi connectivity index (χ3v) is 7.45. The molecule has 0 radical (unpaired) electrons. The molecule has 1 N–H and O–H groups in total. The lowest BCUT2D eigenvalue weighted by molar-refractivity contribution is 0.0909.